The number of benzene rings is 1. The molecule has 2 fully saturated rings. The van der Waals surface area contributed by atoms with E-state index in [0.29, 0.717) is 0 Å². The number of carbonyl (C=O) groups excluding carboxylic acids is 1. The smallest absolute Gasteiger partial charge is 0.322 e. The second-order valence-corrected chi connectivity index (χ2v) is 7.24. The van der Waals surface area contributed by atoms with E-state index in [4.69, 9.17) is 9.15 Å². The Bertz CT molecular complexity index is 741. The van der Waals surface area contributed by atoms with Crippen LogP contribution in [0.3, 0.4) is 0 Å². The molecule has 1 N–H and O–H groups in total. The monoisotopic (exact) mass is 369 g/mol. The summed E-state index contributed by atoms with van der Waals surface area (Å²) in [5, 5.41) is 3.08. The topological polar surface area (TPSA) is 58.0 Å². The molecule has 0 bridgehead atoms. The number of amides is 2. The fraction of sp³-hybridized carbons (Fsp3) is 0.476. The highest BCUT2D eigenvalue weighted by atomic mass is 16.5. The van der Waals surface area contributed by atoms with E-state index in [0.717, 1.165) is 69.2 Å². The summed E-state index contributed by atoms with van der Waals surface area (Å²) in [4.78, 5) is 17.4. The van der Waals surface area contributed by atoms with E-state index in [1.807, 2.05) is 41.3 Å². The van der Waals surface area contributed by atoms with Gasteiger partial charge in [-0.1, -0.05) is 12.1 Å². The summed E-state index contributed by atoms with van der Waals surface area (Å²) in [5.74, 6) is 0.800. The van der Waals surface area contributed by atoms with Gasteiger partial charge in [0.05, 0.1) is 19.5 Å². The van der Waals surface area contributed by atoms with Gasteiger partial charge in [-0.2, -0.15) is 0 Å². The first kappa shape index (κ1) is 18.1. The van der Waals surface area contributed by atoms with Crippen molar-refractivity contribution in [1.29, 1.82) is 0 Å². The minimum absolute atomic E-state index is 0.00967. The number of piperidine rings is 1. The first-order valence-electron chi connectivity index (χ1n) is 9.81. The van der Waals surface area contributed by atoms with Crippen molar-refractivity contribution in [2.24, 2.45) is 0 Å². The molecule has 27 heavy (non-hydrogen) atoms. The first-order chi connectivity index (χ1) is 13.3. The van der Waals surface area contributed by atoms with Gasteiger partial charge < -0.3 is 19.4 Å². The molecule has 2 aromatic rings. The maximum Gasteiger partial charge on any atom is 0.322 e. The van der Waals surface area contributed by atoms with Crippen molar-refractivity contribution in [2.75, 3.05) is 44.7 Å². The van der Waals surface area contributed by atoms with Gasteiger partial charge in [0, 0.05) is 43.5 Å². The molecule has 2 aliphatic heterocycles. The summed E-state index contributed by atoms with van der Waals surface area (Å²) in [6.07, 6.45) is 4.98. The van der Waals surface area contributed by atoms with E-state index >= 15 is 0 Å². The van der Waals surface area contributed by atoms with Gasteiger partial charge in [0.25, 0.3) is 0 Å². The number of furan rings is 1. The van der Waals surface area contributed by atoms with Crippen LogP contribution in [0.25, 0.3) is 11.3 Å². The van der Waals surface area contributed by atoms with E-state index in [9.17, 15) is 4.79 Å². The minimum Gasteiger partial charge on any atom is -0.464 e. The van der Waals surface area contributed by atoms with Crippen LogP contribution in [0.1, 0.15) is 19.3 Å². The van der Waals surface area contributed by atoms with Crippen molar-refractivity contribution < 1.29 is 13.9 Å². The van der Waals surface area contributed by atoms with Crippen molar-refractivity contribution in [3.63, 3.8) is 0 Å². The summed E-state index contributed by atoms with van der Waals surface area (Å²) in [6.45, 7) is 5.24. The molecule has 0 unspecified atom stereocenters. The van der Waals surface area contributed by atoms with Gasteiger partial charge in [-0.3, -0.25) is 4.90 Å². The predicted molar refractivity (Wildman–Crippen MR) is 105 cm³/mol. The average Bonchev–Trinajstić information content (AvgIpc) is 3.24. The Labute approximate surface area is 160 Å². The third-order valence-corrected chi connectivity index (χ3v) is 5.38. The zero-order valence-electron chi connectivity index (χ0n) is 15.6. The first-order valence-corrected chi connectivity index (χ1v) is 9.81. The number of ether oxygens (including phenoxy) is 1. The highest BCUT2D eigenvalue weighted by Crippen LogP contribution is 2.24. The van der Waals surface area contributed by atoms with E-state index in [1.165, 1.54) is 6.42 Å². The Kier molecular flexibility index (Phi) is 5.75. The molecule has 3 heterocycles. The number of morpholine rings is 1. The molecular weight excluding hydrogens is 342 g/mol. The quantitative estimate of drug-likeness (QED) is 0.893. The molecule has 6 nitrogen and oxygen atoms in total. The Morgan fingerprint density at radius 2 is 2.00 bits per heavy atom. The minimum atomic E-state index is -0.00967. The van der Waals surface area contributed by atoms with Gasteiger partial charge in [-0.15, -0.1) is 0 Å². The van der Waals surface area contributed by atoms with Crippen molar-refractivity contribution in [3.8, 4) is 11.3 Å². The lowest BCUT2D eigenvalue weighted by Crippen LogP contribution is -2.52. The Balaban J connectivity index is 1.42. The van der Waals surface area contributed by atoms with Gasteiger partial charge in [0.15, 0.2) is 0 Å². The highest BCUT2D eigenvalue weighted by molar-refractivity contribution is 5.90. The summed E-state index contributed by atoms with van der Waals surface area (Å²) in [6, 6.07) is 11.8. The lowest BCUT2D eigenvalue weighted by Gasteiger charge is -2.39. The van der Waals surface area contributed by atoms with Crippen LogP contribution in [0.5, 0.6) is 0 Å². The lowest BCUT2D eigenvalue weighted by atomic mass is 10.0. The number of rotatable bonds is 4. The molecule has 2 amide bonds. The Morgan fingerprint density at radius 3 is 2.81 bits per heavy atom. The van der Waals surface area contributed by atoms with Crippen molar-refractivity contribution in [1.82, 2.24) is 9.80 Å². The summed E-state index contributed by atoms with van der Waals surface area (Å²) >= 11 is 0. The largest absolute Gasteiger partial charge is 0.464 e. The van der Waals surface area contributed by atoms with Crippen molar-refractivity contribution >= 4 is 11.7 Å². The van der Waals surface area contributed by atoms with E-state index in [1.54, 1.807) is 6.26 Å². The average molecular weight is 369 g/mol. The SMILES string of the molecule is O=C(Nc1cccc(-c2ccco2)c1)N1CCCC[C@H]1CN1CCOCC1. The maximum atomic E-state index is 13.0. The van der Waals surface area contributed by atoms with E-state index in [-0.39, 0.29) is 12.1 Å². The molecule has 2 saturated heterocycles. The molecule has 1 atom stereocenters. The number of hydrogen-bond donors (Lipinski definition) is 1. The van der Waals surface area contributed by atoms with Crippen LogP contribution in [0.2, 0.25) is 0 Å². The standard InChI is InChI=1S/C21H27N3O3/c25-21(22-18-6-3-5-17(15-18)20-8-4-12-27-20)24-9-2-1-7-19(24)16-23-10-13-26-14-11-23/h3-6,8,12,15,19H,1-2,7,9-11,13-14,16H2,(H,22,25)/t19-/m0/s1. The highest BCUT2D eigenvalue weighted by Gasteiger charge is 2.29. The van der Waals surface area contributed by atoms with Gasteiger partial charge in [-0.05, 0) is 43.5 Å². The van der Waals surface area contributed by atoms with Gasteiger partial charge in [-0.25, -0.2) is 4.79 Å². The van der Waals surface area contributed by atoms with Crippen molar-refractivity contribution in [3.05, 3.63) is 42.7 Å². The molecular formula is C21H27N3O3. The van der Waals surface area contributed by atoms with E-state index in [2.05, 4.69) is 10.2 Å². The number of likely N-dealkylation sites (tertiary alicyclic amines) is 1. The predicted octanol–water partition coefficient (Wildman–Crippen LogP) is 3.67. The third-order valence-electron chi connectivity index (χ3n) is 5.38. The molecule has 4 rings (SSSR count). The molecule has 0 radical (unpaired) electrons. The molecule has 1 aromatic carbocycles. The van der Waals surface area contributed by atoms with Gasteiger partial charge >= 0.3 is 6.03 Å². The number of hydrogen-bond acceptors (Lipinski definition) is 4. The third kappa shape index (κ3) is 4.51. The van der Waals surface area contributed by atoms with Crippen LogP contribution >= 0.6 is 0 Å². The number of nitrogens with zero attached hydrogens (tertiary/aromatic N) is 2. The zero-order chi connectivity index (χ0) is 18.5. The zero-order valence-corrected chi connectivity index (χ0v) is 15.6. The lowest BCUT2D eigenvalue weighted by molar-refractivity contribution is 0.0229. The molecule has 144 valence electrons. The molecule has 0 aliphatic carbocycles. The van der Waals surface area contributed by atoms with Crippen LogP contribution in [-0.2, 0) is 4.74 Å². The number of carbonyl (C=O) groups is 1. The fourth-order valence-corrected chi connectivity index (χ4v) is 3.93. The Morgan fingerprint density at radius 1 is 1.11 bits per heavy atom. The van der Waals surface area contributed by atoms with Crippen LogP contribution in [0, 0.1) is 0 Å². The normalized spacial score (nSPS) is 21.2. The van der Waals surface area contributed by atoms with E-state index < -0.39 is 0 Å². The summed E-state index contributed by atoms with van der Waals surface area (Å²) in [5.41, 5.74) is 1.76. The Hall–Kier alpha value is -2.31. The maximum absolute atomic E-state index is 13.0. The van der Waals surface area contributed by atoms with Gasteiger partial charge in [0.1, 0.15) is 5.76 Å². The molecule has 0 saturated carbocycles. The fourth-order valence-electron chi connectivity index (χ4n) is 3.93. The van der Waals surface area contributed by atoms with Crippen LogP contribution in [0.4, 0.5) is 10.5 Å². The second kappa shape index (κ2) is 8.59. The van der Waals surface area contributed by atoms with Crippen molar-refractivity contribution in [2.45, 2.75) is 25.3 Å². The molecule has 6 heteroatoms. The van der Waals surface area contributed by atoms with Crippen LogP contribution in [-0.4, -0.2) is 61.3 Å². The number of nitrogens with one attached hydrogen (secondary N) is 1. The van der Waals surface area contributed by atoms with Gasteiger partial charge in [0.2, 0.25) is 0 Å². The molecule has 0 spiro atoms. The number of anilines is 1. The second-order valence-electron chi connectivity index (χ2n) is 7.24. The summed E-state index contributed by atoms with van der Waals surface area (Å²) < 4.78 is 10.9. The molecule has 1 aromatic heterocycles. The summed E-state index contributed by atoms with van der Waals surface area (Å²) in [7, 11) is 0. The number of urea groups is 1. The molecule has 2 aliphatic rings. The van der Waals surface area contributed by atoms with Crippen LogP contribution < -0.4 is 5.32 Å². The van der Waals surface area contributed by atoms with Crippen LogP contribution in [0.15, 0.2) is 47.1 Å².